The van der Waals surface area contributed by atoms with Crippen LogP contribution in [0.3, 0.4) is 0 Å². The maximum Gasteiger partial charge on any atom is 0.574 e. The number of ether oxygens (including phenoxy) is 1. The van der Waals surface area contributed by atoms with Crippen LogP contribution < -0.4 is 4.74 Å². The molecule has 0 saturated heterocycles. The Morgan fingerprint density at radius 2 is 2.00 bits per heavy atom. The molecule has 0 N–H and O–H groups in total. The number of halogens is 6. The first-order chi connectivity index (χ1) is 8.26. The highest BCUT2D eigenvalue weighted by atomic mass is 19.4. The van der Waals surface area contributed by atoms with Crippen molar-refractivity contribution in [1.82, 2.24) is 4.98 Å². The smallest absolute Gasteiger partial charge is 0.387 e. The average molecular weight is 270 g/mol. The minimum absolute atomic E-state index is 0.526. The molecule has 0 aromatic carbocycles. The van der Waals surface area contributed by atoms with Crippen LogP contribution >= 0.6 is 0 Å². The fourth-order valence-corrected chi connectivity index (χ4v) is 1.12. The van der Waals surface area contributed by atoms with E-state index in [1.54, 1.807) is 0 Å². The first-order valence-electron chi connectivity index (χ1n) is 4.34. The molecule has 0 unspecified atom stereocenters. The van der Waals surface area contributed by atoms with Gasteiger partial charge in [-0.2, -0.15) is 5.26 Å². The Balaban J connectivity index is 3.29. The first-order valence-corrected chi connectivity index (χ1v) is 4.34. The van der Waals surface area contributed by atoms with E-state index in [4.69, 9.17) is 5.26 Å². The van der Waals surface area contributed by atoms with Gasteiger partial charge in [-0.15, -0.1) is 13.2 Å². The maximum absolute atomic E-state index is 13.4. The van der Waals surface area contributed by atoms with Gasteiger partial charge < -0.3 is 4.74 Å². The molecule has 1 rings (SSSR count). The summed E-state index contributed by atoms with van der Waals surface area (Å²) in [6, 6.07) is 1.47. The molecule has 0 radical (unpaired) electrons. The van der Waals surface area contributed by atoms with Crippen molar-refractivity contribution >= 4 is 0 Å². The summed E-state index contributed by atoms with van der Waals surface area (Å²) in [4.78, 5) is 2.95. The SMILES string of the molecule is N#CCc1cnc(OC(F)(F)F)c(C(F)F)c1F. The van der Waals surface area contributed by atoms with Gasteiger partial charge in [-0.1, -0.05) is 0 Å². The number of hydrogen-bond acceptors (Lipinski definition) is 3. The number of alkyl halides is 5. The van der Waals surface area contributed by atoms with Crippen LogP contribution in [-0.4, -0.2) is 11.3 Å². The number of rotatable bonds is 3. The molecular weight excluding hydrogens is 266 g/mol. The van der Waals surface area contributed by atoms with Crippen molar-refractivity contribution in [2.75, 3.05) is 0 Å². The fourth-order valence-electron chi connectivity index (χ4n) is 1.12. The molecule has 9 heteroatoms. The van der Waals surface area contributed by atoms with E-state index < -0.39 is 42.0 Å². The normalized spacial score (nSPS) is 11.4. The number of hydrogen-bond donors (Lipinski definition) is 0. The minimum Gasteiger partial charge on any atom is -0.387 e. The lowest BCUT2D eigenvalue weighted by molar-refractivity contribution is -0.276. The molecule has 0 spiro atoms. The van der Waals surface area contributed by atoms with Gasteiger partial charge in [0.05, 0.1) is 12.5 Å². The highest BCUT2D eigenvalue weighted by molar-refractivity contribution is 5.34. The van der Waals surface area contributed by atoms with E-state index >= 15 is 0 Å². The van der Waals surface area contributed by atoms with Crippen LogP contribution in [0.4, 0.5) is 26.3 Å². The van der Waals surface area contributed by atoms with Gasteiger partial charge in [0.15, 0.2) is 0 Å². The van der Waals surface area contributed by atoms with Gasteiger partial charge in [-0.3, -0.25) is 0 Å². The van der Waals surface area contributed by atoms with Gasteiger partial charge in [-0.25, -0.2) is 18.2 Å². The summed E-state index contributed by atoms with van der Waals surface area (Å²) in [5, 5.41) is 8.29. The molecule has 0 aliphatic heterocycles. The Hall–Kier alpha value is -1.98. The molecule has 0 bridgehead atoms. The van der Waals surface area contributed by atoms with Crippen molar-refractivity contribution in [2.45, 2.75) is 19.2 Å². The number of aromatic nitrogens is 1. The first kappa shape index (κ1) is 14.1. The van der Waals surface area contributed by atoms with Crippen LogP contribution in [0.2, 0.25) is 0 Å². The van der Waals surface area contributed by atoms with E-state index in [1.807, 2.05) is 0 Å². The third-order valence-electron chi connectivity index (χ3n) is 1.79. The van der Waals surface area contributed by atoms with Crippen molar-refractivity contribution in [2.24, 2.45) is 0 Å². The van der Waals surface area contributed by atoms with Crippen molar-refractivity contribution < 1.29 is 31.1 Å². The van der Waals surface area contributed by atoms with Crippen LogP contribution in [0.25, 0.3) is 0 Å². The van der Waals surface area contributed by atoms with Crippen molar-refractivity contribution in [1.29, 1.82) is 5.26 Å². The van der Waals surface area contributed by atoms with Crippen LogP contribution in [0.1, 0.15) is 17.6 Å². The zero-order valence-corrected chi connectivity index (χ0v) is 8.43. The molecule has 18 heavy (non-hydrogen) atoms. The minimum atomic E-state index is -5.26. The molecular formula is C9H4F6N2O. The zero-order chi connectivity index (χ0) is 13.9. The van der Waals surface area contributed by atoms with Crippen LogP contribution in [-0.2, 0) is 6.42 Å². The Morgan fingerprint density at radius 1 is 1.39 bits per heavy atom. The summed E-state index contributed by atoms with van der Waals surface area (Å²) in [6.07, 6.45) is -8.86. The highest BCUT2D eigenvalue weighted by Gasteiger charge is 2.35. The summed E-state index contributed by atoms with van der Waals surface area (Å²) in [5.74, 6) is -3.18. The standard InChI is InChI=1S/C9H4F6N2O/c10-6-4(1-2-16)3-17-8(5(6)7(11)12)18-9(13,14)15/h3,7H,1H2. The third kappa shape index (κ3) is 3.26. The lowest BCUT2D eigenvalue weighted by atomic mass is 10.1. The number of nitrogens with zero attached hydrogens (tertiary/aromatic N) is 2. The monoisotopic (exact) mass is 270 g/mol. The molecule has 98 valence electrons. The van der Waals surface area contributed by atoms with E-state index in [1.165, 1.54) is 6.07 Å². The summed E-state index contributed by atoms with van der Waals surface area (Å²) in [6.45, 7) is 0. The molecule has 0 aliphatic rings. The van der Waals surface area contributed by atoms with Crippen LogP contribution in [0.5, 0.6) is 5.88 Å². The predicted octanol–water partition coefficient (Wildman–Crippen LogP) is 3.12. The Labute approximate surface area is 96.6 Å². The molecule has 0 fully saturated rings. The van der Waals surface area contributed by atoms with Gasteiger partial charge in [0.2, 0.25) is 5.88 Å². The second-order valence-corrected chi connectivity index (χ2v) is 3.00. The summed E-state index contributed by atoms with van der Waals surface area (Å²) in [7, 11) is 0. The van der Waals surface area contributed by atoms with Gasteiger partial charge in [0.1, 0.15) is 11.4 Å². The highest BCUT2D eigenvalue weighted by Crippen LogP contribution is 2.34. The van der Waals surface area contributed by atoms with Gasteiger partial charge >= 0.3 is 6.36 Å². The topological polar surface area (TPSA) is 45.9 Å². The van der Waals surface area contributed by atoms with E-state index in [0.29, 0.717) is 6.20 Å². The fraction of sp³-hybridized carbons (Fsp3) is 0.333. The summed E-state index contributed by atoms with van der Waals surface area (Å²) in [5.41, 5.74) is -2.14. The quantitative estimate of drug-likeness (QED) is 0.793. The molecule has 0 amide bonds. The van der Waals surface area contributed by atoms with Gasteiger partial charge in [0, 0.05) is 11.8 Å². The largest absolute Gasteiger partial charge is 0.574 e. The summed E-state index contributed by atoms with van der Waals surface area (Å²) < 4.78 is 77.2. The Kier molecular flexibility index (Phi) is 4.00. The Bertz CT molecular complexity index is 479. The van der Waals surface area contributed by atoms with E-state index in [9.17, 15) is 26.3 Å². The van der Waals surface area contributed by atoms with E-state index in [-0.39, 0.29) is 0 Å². The number of pyridine rings is 1. The lowest BCUT2D eigenvalue weighted by Crippen LogP contribution is -2.20. The Morgan fingerprint density at radius 3 is 2.44 bits per heavy atom. The van der Waals surface area contributed by atoms with Crippen molar-refractivity contribution in [3.05, 3.63) is 23.1 Å². The van der Waals surface area contributed by atoms with Gasteiger partial charge in [0.25, 0.3) is 6.43 Å². The van der Waals surface area contributed by atoms with Crippen LogP contribution in [0.15, 0.2) is 6.20 Å². The zero-order valence-electron chi connectivity index (χ0n) is 8.43. The lowest BCUT2D eigenvalue weighted by Gasteiger charge is -2.13. The van der Waals surface area contributed by atoms with Crippen molar-refractivity contribution in [3.63, 3.8) is 0 Å². The van der Waals surface area contributed by atoms with Crippen LogP contribution in [0, 0.1) is 17.1 Å². The second kappa shape index (κ2) is 5.12. The molecule has 1 aromatic rings. The van der Waals surface area contributed by atoms with E-state index in [0.717, 1.165) is 0 Å². The molecule has 0 saturated carbocycles. The van der Waals surface area contributed by atoms with Crippen molar-refractivity contribution in [3.8, 4) is 11.9 Å². The molecule has 1 heterocycles. The summed E-state index contributed by atoms with van der Waals surface area (Å²) >= 11 is 0. The predicted molar refractivity (Wildman–Crippen MR) is 45.2 cm³/mol. The maximum atomic E-state index is 13.4. The second-order valence-electron chi connectivity index (χ2n) is 3.00. The average Bonchev–Trinajstić information content (AvgIpc) is 2.19. The molecule has 0 aliphatic carbocycles. The van der Waals surface area contributed by atoms with E-state index in [2.05, 4.69) is 9.72 Å². The third-order valence-corrected chi connectivity index (χ3v) is 1.79. The molecule has 3 nitrogen and oxygen atoms in total. The molecule has 0 atom stereocenters. The molecule has 1 aromatic heterocycles. The van der Waals surface area contributed by atoms with Gasteiger partial charge in [-0.05, 0) is 0 Å². The number of nitriles is 1.